The number of hydrogen-bond acceptors (Lipinski definition) is 5. The number of nitro benzene ring substituents is 1. The first-order valence-electron chi connectivity index (χ1n) is 8.99. The Morgan fingerprint density at radius 1 is 1.16 bits per heavy atom. The van der Waals surface area contributed by atoms with Crippen LogP contribution in [0.1, 0.15) is 21.6 Å². The summed E-state index contributed by atoms with van der Waals surface area (Å²) >= 11 is 0. The van der Waals surface area contributed by atoms with E-state index in [1.54, 1.807) is 13.0 Å². The first kappa shape index (κ1) is 22.0. The van der Waals surface area contributed by atoms with Gasteiger partial charge in [0.25, 0.3) is 11.6 Å². The Morgan fingerprint density at radius 2 is 1.81 bits per heavy atom. The molecule has 0 aliphatic rings. The van der Waals surface area contributed by atoms with Crippen LogP contribution >= 0.6 is 0 Å². The van der Waals surface area contributed by atoms with Crippen molar-refractivity contribution < 1.29 is 27.6 Å². The molecule has 3 aromatic rings. The SMILES string of the molecule is Cc1cc(NC(=O)c2ccc(COCC(F)(F)F)cc2)n(-c2ccc([N+](=O)[O-])cc2)n1. The van der Waals surface area contributed by atoms with Crippen molar-refractivity contribution in [2.24, 2.45) is 0 Å². The molecule has 0 spiro atoms. The van der Waals surface area contributed by atoms with Crippen LogP contribution in [-0.4, -0.2) is 33.4 Å². The fourth-order valence-corrected chi connectivity index (χ4v) is 2.73. The van der Waals surface area contributed by atoms with E-state index in [-0.39, 0.29) is 17.9 Å². The van der Waals surface area contributed by atoms with Crippen LogP contribution in [0, 0.1) is 17.0 Å². The molecule has 0 fully saturated rings. The molecule has 0 aliphatic carbocycles. The van der Waals surface area contributed by atoms with Crippen molar-refractivity contribution in [1.82, 2.24) is 9.78 Å². The van der Waals surface area contributed by atoms with Crippen molar-refractivity contribution in [2.45, 2.75) is 19.7 Å². The van der Waals surface area contributed by atoms with Crippen LogP contribution < -0.4 is 5.32 Å². The van der Waals surface area contributed by atoms with E-state index in [1.165, 1.54) is 53.2 Å². The molecule has 162 valence electrons. The predicted octanol–water partition coefficient (Wildman–Crippen LogP) is 4.42. The molecule has 11 heteroatoms. The van der Waals surface area contributed by atoms with Gasteiger partial charge in [0.15, 0.2) is 0 Å². The summed E-state index contributed by atoms with van der Waals surface area (Å²) in [5, 5.41) is 17.8. The zero-order valence-electron chi connectivity index (χ0n) is 16.2. The van der Waals surface area contributed by atoms with E-state index in [0.717, 1.165) is 0 Å². The molecule has 2 aromatic carbocycles. The monoisotopic (exact) mass is 434 g/mol. The van der Waals surface area contributed by atoms with Gasteiger partial charge < -0.3 is 10.1 Å². The summed E-state index contributed by atoms with van der Waals surface area (Å²) in [6, 6.07) is 13.3. The number of hydrogen-bond donors (Lipinski definition) is 1. The number of amides is 1. The molecule has 0 bridgehead atoms. The van der Waals surface area contributed by atoms with Crippen LogP contribution in [-0.2, 0) is 11.3 Å². The van der Waals surface area contributed by atoms with Gasteiger partial charge in [-0.1, -0.05) is 12.1 Å². The van der Waals surface area contributed by atoms with Gasteiger partial charge in [-0.3, -0.25) is 14.9 Å². The van der Waals surface area contributed by atoms with E-state index >= 15 is 0 Å². The van der Waals surface area contributed by atoms with Gasteiger partial charge >= 0.3 is 6.18 Å². The number of aryl methyl sites for hydroxylation is 1. The number of carbonyl (C=O) groups is 1. The Labute approximate surface area is 174 Å². The first-order valence-corrected chi connectivity index (χ1v) is 8.99. The van der Waals surface area contributed by atoms with Crippen LogP contribution in [0.15, 0.2) is 54.6 Å². The van der Waals surface area contributed by atoms with Gasteiger partial charge in [0.2, 0.25) is 0 Å². The lowest BCUT2D eigenvalue weighted by Gasteiger charge is -2.10. The number of nitrogens with one attached hydrogen (secondary N) is 1. The van der Waals surface area contributed by atoms with Gasteiger partial charge in [0.05, 0.1) is 22.9 Å². The molecule has 1 heterocycles. The number of ether oxygens (including phenoxy) is 1. The normalized spacial score (nSPS) is 11.4. The molecule has 0 aliphatic heterocycles. The van der Waals surface area contributed by atoms with Crippen LogP contribution in [0.2, 0.25) is 0 Å². The van der Waals surface area contributed by atoms with E-state index in [2.05, 4.69) is 15.2 Å². The number of anilines is 1. The third-order valence-corrected chi connectivity index (χ3v) is 4.13. The highest BCUT2D eigenvalue weighted by molar-refractivity contribution is 6.04. The second kappa shape index (κ2) is 8.96. The van der Waals surface area contributed by atoms with Crippen molar-refractivity contribution in [2.75, 3.05) is 11.9 Å². The zero-order valence-corrected chi connectivity index (χ0v) is 16.2. The lowest BCUT2D eigenvalue weighted by atomic mass is 10.1. The van der Waals surface area contributed by atoms with Gasteiger partial charge in [0.1, 0.15) is 12.4 Å². The molecule has 8 nitrogen and oxygen atoms in total. The molecule has 0 radical (unpaired) electrons. The van der Waals surface area contributed by atoms with Crippen molar-refractivity contribution in [1.29, 1.82) is 0 Å². The highest BCUT2D eigenvalue weighted by atomic mass is 19.4. The van der Waals surface area contributed by atoms with Gasteiger partial charge in [-0.2, -0.15) is 18.3 Å². The van der Waals surface area contributed by atoms with Gasteiger partial charge in [-0.05, 0) is 36.8 Å². The van der Waals surface area contributed by atoms with Gasteiger partial charge in [-0.15, -0.1) is 0 Å². The number of benzene rings is 2. The molecule has 0 unspecified atom stereocenters. The summed E-state index contributed by atoms with van der Waals surface area (Å²) in [6.07, 6.45) is -4.40. The Morgan fingerprint density at radius 3 is 2.39 bits per heavy atom. The van der Waals surface area contributed by atoms with E-state index in [4.69, 9.17) is 0 Å². The van der Waals surface area contributed by atoms with Crippen molar-refractivity contribution in [3.63, 3.8) is 0 Å². The average Bonchev–Trinajstić information content (AvgIpc) is 3.07. The van der Waals surface area contributed by atoms with E-state index in [1.807, 2.05) is 0 Å². The summed E-state index contributed by atoms with van der Waals surface area (Å²) in [5.41, 5.74) is 1.84. The minimum absolute atomic E-state index is 0.0717. The highest BCUT2D eigenvalue weighted by Gasteiger charge is 2.27. The molecule has 3 rings (SSSR count). The summed E-state index contributed by atoms with van der Waals surface area (Å²) < 4.78 is 42.4. The average molecular weight is 434 g/mol. The molecule has 1 N–H and O–H groups in total. The third-order valence-electron chi connectivity index (χ3n) is 4.13. The number of alkyl halides is 3. The standard InChI is InChI=1S/C20H17F3N4O4/c1-13-10-18(26(25-13)16-6-8-17(9-7-16)27(29)30)24-19(28)15-4-2-14(3-5-15)11-31-12-20(21,22)23/h2-10H,11-12H2,1H3,(H,24,28). The van der Waals surface area contributed by atoms with Crippen LogP contribution in [0.3, 0.4) is 0 Å². The maximum Gasteiger partial charge on any atom is 0.411 e. The first-order chi connectivity index (χ1) is 14.6. The summed E-state index contributed by atoms with van der Waals surface area (Å²) in [7, 11) is 0. The Bertz CT molecular complexity index is 1080. The van der Waals surface area contributed by atoms with Crippen molar-refractivity contribution >= 4 is 17.4 Å². The summed E-state index contributed by atoms with van der Waals surface area (Å²) in [5.74, 6) is -0.0974. The molecule has 0 atom stereocenters. The highest BCUT2D eigenvalue weighted by Crippen LogP contribution is 2.21. The number of nitro groups is 1. The van der Waals surface area contributed by atoms with Crippen LogP contribution in [0.5, 0.6) is 0 Å². The molecular formula is C20H17F3N4O4. The molecular weight excluding hydrogens is 417 g/mol. The Balaban J connectivity index is 1.70. The van der Waals surface area contributed by atoms with E-state index < -0.39 is 23.6 Å². The van der Waals surface area contributed by atoms with Crippen LogP contribution in [0.4, 0.5) is 24.7 Å². The Kier molecular flexibility index (Phi) is 6.35. The molecule has 1 amide bonds. The number of rotatable bonds is 7. The quantitative estimate of drug-likeness (QED) is 0.438. The maximum absolute atomic E-state index is 12.6. The molecule has 31 heavy (non-hydrogen) atoms. The molecule has 0 saturated heterocycles. The second-order valence-corrected chi connectivity index (χ2v) is 6.62. The topological polar surface area (TPSA) is 99.3 Å². The number of aromatic nitrogens is 2. The maximum atomic E-state index is 12.6. The predicted molar refractivity (Wildman–Crippen MR) is 105 cm³/mol. The molecule has 0 saturated carbocycles. The van der Waals surface area contributed by atoms with E-state index in [0.29, 0.717) is 22.8 Å². The Hall–Kier alpha value is -3.73. The summed E-state index contributed by atoms with van der Waals surface area (Å²) in [4.78, 5) is 22.9. The largest absolute Gasteiger partial charge is 0.411 e. The lowest BCUT2D eigenvalue weighted by molar-refractivity contribution is -0.384. The second-order valence-electron chi connectivity index (χ2n) is 6.62. The fraction of sp³-hybridized carbons (Fsp3) is 0.200. The van der Waals surface area contributed by atoms with Crippen molar-refractivity contribution in [3.8, 4) is 5.69 Å². The number of non-ortho nitro benzene ring substituents is 1. The smallest absolute Gasteiger partial charge is 0.367 e. The van der Waals surface area contributed by atoms with Crippen LogP contribution in [0.25, 0.3) is 5.69 Å². The number of carbonyl (C=O) groups excluding carboxylic acids is 1. The number of halogens is 3. The minimum atomic E-state index is -4.40. The fourth-order valence-electron chi connectivity index (χ4n) is 2.73. The van der Waals surface area contributed by atoms with Gasteiger partial charge in [0, 0.05) is 23.8 Å². The minimum Gasteiger partial charge on any atom is -0.367 e. The summed E-state index contributed by atoms with van der Waals surface area (Å²) in [6.45, 7) is 0.155. The molecule has 1 aromatic heterocycles. The van der Waals surface area contributed by atoms with Crippen molar-refractivity contribution in [3.05, 3.63) is 81.5 Å². The third kappa shape index (κ3) is 5.89. The van der Waals surface area contributed by atoms with E-state index in [9.17, 15) is 28.1 Å². The van der Waals surface area contributed by atoms with Gasteiger partial charge in [-0.25, -0.2) is 4.68 Å². The lowest BCUT2D eigenvalue weighted by Crippen LogP contribution is -2.17. The number of nitrogens with zero attached hydrogens (tertiary/aromatic N) is 3. The zero-order chi connectivity index (χ0) is 22.6.